The Labute approximate surface area is 604 Å². The van der Waals surface area contributed by atoms with Crippen LogP contribution in [0.25, 0.3) is 0 Å². The van der Waals surface area contributed by atoms with Gasteiger partial charge in [0, 0.05) is 19.3 Å². The third-order valence-corrected chi connectivity index (χ3v) is 16.9. The van der Waals surface area contributed by atoms with Crippen LogP contribution in [0.4, 0.5) is 0 Å². The Morgan fingerprint density at radius 1 is 0.300 bits per heavy atom. The summed E-state index contributed by atoms with van der Waals surface area (Å²) in [7, 11) is -10.0. The summed E-state index contributed by atoms with van der Waals surface area (Å²) in [6.45, 7) is 4.32. The van der Waals surface area contributed by atoms with Crippen molar-refractivity contribution in [2.75, 3.05) is 39.6 Å². The van der Waals surface area contributed by atoms with E-state index in [1.807, 2.05) is 18.2 Å². The molecule has 0 saturated carbocycles. The third kappa shape index (κ3) is 71.1. The normalized spacial score (nSPS) is 14.8. The van der Waals surface area contributed by atoms with Crippen LogP contribution in [-0.4, -0.2) is 96.7 Å². The maximum absolute atomic E-state index is 13.1. The summed E-state index contributed by atoms with van der Waals surface area (Å²) in [5, 5.41) is 10.6. The van der Waals surface area contributed by atoms with E-state index < -0.39 is 97.5 Å². The predicted octanol–water partition coefficient (Wildman–Crippen LogP) is 21.7. The Morgan fingerprint density at radius 3 is 0.910 bits per heavy atom. The van der Waals surface area contributed by atoms with Crippen LogP contribution < -0.4 is 0 Å². The number of phosphoric acid groups is 2. The molecule has 19 heteroatoms. The van der Waals surface area contributed by atoms with Crippen LogP contribution in [-0.2, 0) is 65.4 Å². The number of phosphoric ester groups is 2. The van der Waals surface area contributed by atoms with E-state index in [1.165, 1.54) is 51.4 Å². The van der Waals surface area contributed by atoms with Crippen LogP contribution in [0, 0.1) is 0 Å². The Morgan fingerprint density at radius 2 is 0.560 bits per heavy atom. The molecule has 0 aliphatic carbocycles. The van der Waals surface area contributed by atoms with Crippen LogP contribution in [0.15, 0.2) is 158 Å². The molecule has 17 nitrogen and oxygen atoms in total. The number of allylic oxidation sites excluding steroid dienone is 25. The monoisotopic (exact) mass is 1440 g/mol. The molecule has 0 amide bonds. The molecule has 0 bridgehead atoms. The molecule has 0 rings (SSSR count). The van der Waals surface area contributed by atoms with Crippen LogP contribution in [0.1, 0.15) is 272 Å². The van der Waals surface area contributed by atoms with E-state index in [4.69, 9.17) is 37.0 Å². The number of aliphatic hydroxyl groups excluding tert-OH is 1. The second kappa shape index (κ2) is 72.0. The van der Waals surface area contributed by atoms with E-state index in [-0.39, 0.29) is 25.7 Å². The molecule has 100 heavy (non-hydrogen) atoms. The smallest absolute Gasteiger partial charge is 0.462 e. The highest BCUT2D eigenvalue weighted by molar-refractivity contribution is 7.47. The molecular weight excluding hydrogens is 1310 g/mol. The minimum Gasteiger partial charge on any atom is -0.462 e. The molecule has 0 radical (unpaired) electrons. The number of hydrogen-bond donors (Lipinski definition) is 3. The zero-order chi connectivity index (χ0) is 73.2. The fourth-order valence-corrected chi connectivity index (χ4v) is 11.0. The van der Waals surface area contributed by atoms with Crippen molar-refractivity contribution in [3.63, 3.8) is 0 Å². The van der Waals surface area contributed by atoms with Gasteiger partial charge in [-0.15, -0.1) is 0 Å². The Bertz CT molecular complexity index is 2520. The molecule has 0 fully saturated rings. The minimum atomic E-state index is -5.00. The Balaban J connectivity index is 5.48. The number of rotatable bonds is 69. The van der Waals surface area contributed by atoms with Crippen molar-refractivity contribution in [2.24, 2.45) is 0 Å². The molecule has 3 N–H and O–H groups in total. The van der Waals surface area contributed by atoms with E-state index in [0.717, 1.165) is 135 Å². The molecule has 0 heterocycles. The largest absolute Gasteiger partial charge is 0.472 e. The maximum Gasteiger partial charge on any atom is 0.472 e. The van der Waals surface area contributed by atoms with Crippen molar-refractivity contribution >= 4 is 39.5 Å². The van der Waals surface area contributed by atoms with Crippen molar-refractivity contribution in [1.29, 1.82) is 0 Å². The van der Waals surface area contributed by atoms with Gasteiger partial charge in [-0.3, -0.25) is 37.3 Å². The summed E-state index contributed by atoms with van der Waals surface area (Å²) >= 11 is 0. The maximum atomic E-state index is 13.1. The van der Waals surface area contributed by atoms with E-state index in [2.05, 4.69) is 161 Å². The first kappa shape index (κ1) is 94.7. The molecule has 5 atom stereocenters. The second-order valence-electron chi connectivity index (χ2n) is 24.5. The van der Waals surface area contributed by atoms with E-state index in [0.29, 0.717) is 32.1 Å². The van der Waals surface area contributed by atoms with Crippen molar-refractivity contribution in [1.82, 2.24) is 0 Å². The highest BCUT2D eigenvalue weighted by atomic mass is 31.2. The number of aliphatic hydroxyl groups is 1. The summed E-state index contributed by atoms with van der Waals surface area (Å²) in [5.41, 5.74) is 0. The fraction of sp³-hybridized carbons (Fsp3) is 0.630. The molecule has 0 aliphatic heterocycles. The summed E-state index contributed by atoms with van der Waals surface area (Å²) < 4.78 is 68.3. The quantitative estimate of drug-likeness (QED) is 0.0169. The number of esters is 4. The van der Waals surface area contributed by atoms with Crippen molar-refractivity contribution < 1.29 is 80.2 Å². The molecule has 0 aromatic heterocycles. The second-order valence-corrected chi connectivity index (χ2v) is 27.4. The van der Waals surface area contributed by atoms with Gasteiger partial charge in [-0.05, 0) is 128 Å². The molecule has 5 unspecified atom stereocenters. The van der Waals surface area contributed by atoms with Gasteiger partial charge in [0.05, 0.1) is 32.8 Å². The number of ether oxygens (including phenoxy) is 4. The van der Waals surface area contributed by atoms with Gasteiger partial charge in [0.25, 0.3) is 0 Å². The lowest BCUT2D eigenvalue weighted by molar-refractivity contribution is -0.161. The first-order valence-corrected chi connectivity index (χ1v) is 40.7. The summed E-state index contributed by atoms with van der Waals surface area (Å²) in [6.07, 6.45) is 82.7. The van der Waals surface area contributed by atoms with Gasteiger partial charge in [0.2, 0.25) is 0 Å². The van der Waals surface area contributed by atoms with Crippen LogP contribution >= 0.6 is 15.6 Å². The lowest BCUT2D eigenvalue weighted by Crippen LogP contribution is -2.30. The van der Waals surface area contributed by atoms with E-state index in [1.54, 1.807) is 6.08 Å². The molecule has 0 saturated heterocycles. The first-order valence-electron chi connectivity index (χ1n) is 37.7. The Kier molecular flexibility index (Phi) is 68.2. The summed E-state index contributed by atoms with van der Waals surface area (Å²) in [4.78, 5) is 72.8. The molecule has 0 aromatic rings. The predicted molar refractivity (Wildman–Crippen MR) is 408 cm³/mol. The van der Waals surface area contributed by atoms with Crippen molar-refractivity contribution in [3.05, 3.63) is 158 Å². The van der Waals surface area contributed by atoms with Gasteiger partial charge in [-0.1, -0.05) is 276 Å². The number of hydrogen-bond acceptors (Lipinski definition) is 15. The topological polar surface area (TPSA) is 237 Å². The molecule has 568 valence electrons. The Hall–Kier alpha value is -5.32. The number of unbranched alkanes of at least 4 members (excludes halogenated alkanes) is 18. The standard InChI is InChI=1S/C81H132O17P2/c1-5-9-13-17-21-25-29-33-36-37-40-43-46-50-54-58-62-66-79(84)92-72-77(98-81(86)68-64-60-56-52-48-44-39-35-31-27-23-19-15-11-7-3)74-96-100(89,90)94-70-75(82)69-93-99(87,88)95-73-76(97-80(85)67-63-59-55-51-47-41-32-28-24-20-16-12-8-4)71-91-78(83)65-61-57-53-49-45-42-38-34-30-26-22-18-14-10-6-2/h9-11,13-15,21-23,25-27,33-36,38-40,43,45,48-49,52,57,61,75-77,82H,5-8,12,16-20,24,28-32,37,41-42,44,46-47,50-51,53-56,58-60,62-74H2,1-4H3,(H,87,88)(H,89,90)/b13-9-,14-10-,15-11-,25-21-,26-22-,27-23-,36-33-,38-34-,39-35-,43-40-,49-45-,52-48-,61-57-. The zero-order valence-electron chi connectivity index (χ0n) is 61.8. The summed E-state index contributed by atoms with van der Waals surface area (Å²) in [6, 6.07) is 0. The van der Waals surface area contributed by atoms with E-state index >= 15 is 0 Å². The van der Waals surface area contributed by atoms with E-state index in [9.17, 15) is 43.2 Å². The minimum absolute atomic E-state index is 0.0298. The van der Waals surface area contributed by atoms with Gasteiger partial charge in [-0.2, -0.15) is 0 Å². The van der Waals surface area contributed by atoms with Crippen molar-refractivity contribution in [3.8, 4) is 0 Å². The summed E-state index contributed by atoms with van der Waals surface area (Å²) in [5.74, 6) is -2.41. The van der Waals surface area contributed by atoms with Crippen molar-refractivity contribution in [2.45, 2.75) is 290 Å². The van der Waals surface area contributed by atoms with Crippen LogP contribution in [0.3, 0.4) is 0 Å². The fourth-order valence-electron chi connectivity index (χ4n) is 9.39. The van der Waals surface area contributed by atoms with Gasteiger partial charge >= 0.3 is 39.5 Å². The lowest BCUT2D eigenvalue weighted by atomic mass is 10.0. The van der Waals surface area contributed by atoms with Gasteiger partial charge in [0.1, 0.15) is 19.3 Å². The molecule has 0 aliphatic rings. The highest BCUT2D eigenvalue weighted by Crippen LogP contribution is 2.45. The molecule has 0 spiro atoms. The lowest BCUT2D eigenvalue weighted by Gasteiger charge is -2.21. The third-order valence-electron chi connectivity index (χ3n) is 15.0. The first-order chi connectivity index (χ1) is 48.7. The van der Waals surface area contributed by atoms with Crippen LogP contribution in [0.5, 0.6) is 0 Å². The van der Waals surface area contributed by atoms with Gasteiger partial charge in [-0.25, -0.2) is 9.13 Å². The SMILES string of the molecule is CC/C=C\C/C=C\C/C=C\C/C=C\C/C=C\CC(=O)OCC(COP(=O)(O)OCC(O)COP(=O)(O)OCC(COC(=O)CCCCCC/C=C\C/C=C\C/C=C\C/C=C\CC)OC(=O)CCCC/C=C\C/C=C\C/C=C\C/C=C\CC)OC(=O)CCCCCCCCCCCCCCC. The average molecular weight is 1440 g/mol. The van der Waals surface area contributed by atoms with Gasteiger partial charge < -0.3 is 33.8 Å². The zero-order valence-corrected chi connectivity index (χ0v) is 63.6. The number of carbonyl (C=O) groups is 4. The number of carbonyl (C=O) groups excluding carboxylic acids is 4. The highest BCUT2D eigenvalue weighted by Gasteiger charge is 2.30. The average Bonchev–Trinajstić information content (AvgIpc) is 0.937. The molecular formula is C81H132O17P2. The van der Waals surface area contributed by atoms with Crippen LogP contribution in [0.2, 0.25) is 0 Å². The van der Waals surface area contributed by atoms with Gasteiger partial charge in [0.15, 0.2) is 12.2 Å². The molecule has 0 aromatic carbocycles.